The third kappa shape index (κ3) is 4.05. The highest BCUT2D eigenvalue weighted by molar-refractivity contribution is 5.74. The summed E-state index contributed by atoms with van der Waals surface area (Å²) in [6.45, 7) is 6.97. The third-order valence-corrected chi connectivity index (χ3v) is 4.70. The molecule has 7 heteroatoms. The molecule has 7 nitrogen and oxygen atoms in total. The van der Waals surface area contributed by atoms with Crippen molar-refractivity contribution in [1.82, 2.24) is 19.7 Å². The first-order valence-electron chi connectivity index (χ1n) is 9.93. The first-order valence-corrected chi connectivity index (χ1v) is 9.93. The summed E-state index contributed by atoms with van der Waals surface area (Å²) in [7, 11) is 0. The zero-order valence-electron chi connectivity index (χ0n) is 17.3. The van der Waals surface area contributed by atoms with Crippen LogP contribution in [0.1, 0.15) is 20.8 Å². The van der Waals surface area contributed by atoms with Crippen LogP contribution >= 0.6 is 0 Å². The predicted octanol–water partition coefficient (Wildman–Crippen LogP) is 4.03. The molecular formula is C23H25N5O2. The van der Waals surface area contributed by atoms with Gasteiger partial charge in [-0.1, -0.05) is 48.5 Å². The maximum atomic E-state index is 12.4. The van der Waals surface area contributed by atoms with Gasteiger partial charge in [-0.3, -0.25) is 9.78 Å². The standard InChI is InChI=1S/C23H25N5O2/c1-23(2,3)28-20-18(15-25-28)21(29)27-22(26-20)24-13-14-30-19-12-8-7-11-17(19)16-9-5-4-6-10-16/h4-12,15H,13-14H2,1-3H3,(H2,24,26,27,29). The quantitative estimate of drug-likeness (QED) is 0.475. The number of rotatable bonds is 6. The molecule has 0 fully saturated rings. The second-order valence-electron chi connectivity index (χ2n) is 8.02. The van der Waals surface area contributed by atoms with Crippen molar-refractivity contribution in [1.29, 1.82) is 0 Å². The van der Waals surface area contributed by atoms with Crippen molar-refractivity contribution in [2.45, 2.75) is 26.3 Å². The minimum atomic E-state index is -0.274. The van der Waals surface area contributed by atoms with Crippen molar-refractivity contribution in [3.8, 4) is 16.9 Å². The Hall–Kier alpha value is -3.61. The molecule has 0 aliphatic heterocycles. The average molecular weight is 403 g/mol. The highest BCUT2D eigenvalue weighted by atomic mass is 16.5. The van der Waals surface area contributed by atoms with E-state index in [1.807, 2.05) is 63.2 Å². The molecule has 154 valence electrons. The molecule has 0 aliphatic carbocycles. The minimum Gasteiger partial charge on any atom is -0.491 e. The van der Waals surface area contributed by atoms with Gasteiger partial charge in [-0.2, -0.15) is 10.1 Å². The van der Waals surface area contributed by atoms with E-state index in [0.717, 1.165) is 16.9 Å². The molecule has 0 bridgehead atoms. The highest BCUT2D eigenvalue weighted by Gasteiger charge is 2.19. The maximum Gasteiger partial charge on any atom is 0.263 e. The Morgan fingerprint density at radius 2 is 1.80 bits per heavy atom. The van der Waals surface area contributed by atoms with Crippen LogP contribution in [0.5, 0.6) is 5.75 Å². The molecule has 2 aromatic carbocycles. The zero-order chi connectivity index (χ0) is 21.1. The third-order valence-electron chi connectivity index (χ3n) is 4.70. The largest absolute Gasteiger partial charge is 0.491 e. The number of anilines is 1. The van der Waals surface area contributed by atoms with Crippen molar-refractivity contribution < 1.29 is 4.74 Å². The Labute approximate surface area is 174 Å². The Morgan fingerprint density at radius 1 is 1.07 bits per heavy atom. The van der Waals surface area contributed by atoms with Gasteiger partial charge in [0, 0.05) is 5.56 Å². The van der Waals surface area contributed by atoms with Crippen molar-refractivity contribution in [2.75, 3.05) is 18.5 Å². The Balaban J connectivity index is 1.46. The number of hydrogen-bond donors (Lipinski definition) is 2. The van der Waals surface area contributed by atoms with Gasteiger partial charge in [0.25, 0.3) is 5.56 Å². The fourth-order valence-electron chi connectivity index (χ4n) is 3.27. The first kappa shape index (κ1) is 19.7. The van der Waals surface area contributed by atoms with Crippen molar-refractivity contribution in [2.24, 2.45) is 0 Å². The van der Waals surface area contributed by atoms with E-state index in [0.29, 0.717) is 30.1 Å². The lowest BCUT2D eigenvalue weighted by Crippen LogP contribution is -2.24. The molecule has 4 aromatic rings. The number of para-hydroxylation sites is 1. The van der Waals surface area contributed by atoms with E-state index in [9.17, 15) is 4.79 Å². The summed E-state index contributed by atoms with van der Waals surface area (Å²) in [5, 5.41) is 7.94. The summed E-state index contributed by atoms with van der Waals surface area (Å²) in [5.41, 5.74) is 2.22. The van der Waals surface area contributed by atoms with Gasteiger partial charge >= 0.3 is 0 Å². The Morgan fingerprint density at radius 3 is 2.57 bits per heavy atom. The van der Waals surface area contributed by atoms with E-state index < -0.39 is 0 Å². The summed E-state index contributed by atoms with van der Waals surface area (Å²) in [4.78, 5) is 19.7. The fourth-order valence-corrected chi connectivity index (χ4v) is 3.27. The number of benzene rings is 2. The second kappa shape index (κ2) is 8.02. The van der Waals surface area contributed by atoms with Crippen molar-refractivity contribution in [3.63, 3.8) is 0 Å². The Bertz CT molecular complexity index is 1210. The lowest BCUT2D eigenvalue weighted by molar-refractivity contribution is 0.334. The van der Waals surface area contributed by atoms with Crippen molar-refractivity contribution >= 4 is 17.0 Å². The summed E-state index contributed by atoms with van der Waals surface area (Å²) in [6.07, 6.45) is 1.56. The summed E-state index contributed by atoms with van der Waals surface area (Å²) >= 11 is 0. The van der Waals surface area contributed by atoms with Gasteiger partial charge in [-0.15, -0.1) is 0 Å². The van der Waals surface area contributed by atoms with Crippen LogP contribution in [0.2, 0.25) is 0 Å². The molecule has 2 heterocycles. The monoisotopic (exact) mass is 403 g/mol. The van der Waals surface area contributed by atoms with E-state index in [1.54, 1.807) is 10.9 Å². The topological polar surface area (TPSA) is 84.8 Å². The molecule has 4 rings (SSSR count). The zero-order valence-corrected chi connectivity index (χ0v) is 17.3. The van der Waals surface area contributed by atoms with Crippen LogP contribution in [0, 0.1) is 0 Å². The lowest BCUT2D eigenvalue weighted by Gasteiger charge is -2.19. The Kier molecular flexibility index (Phi) is 5.27. The smallest absolute Gasteiger partial charge is 0.263 e. The number of aromatic amines is 1. The number of fused-ring (bicyclic) bond motifs is 1. The lowest BCUT2D eigenvalue weighted by atomic mass is 10.1. The predicted molar refractivity (Wildman–Crippen MR) is 119 cm³/mol. The minimum absolute atomic E-state index is 0.214. The number of nitrogens with one attached hydrogen (secondary N) is 2. The SMILES string of the molecule is CC(C)(C)n1ncc2c(=O)[nH]c(NCCOc3ccccc3-c3ccccc3)nc21. The van der Waals surface area contributed by atoms with Crippen LogP contribution in [-0.2, 0) is 5.54 Å². The van der Waals surface area contributed by atoms with Gasteiger partial charge in [0.1, 0.15) is 17.7 Å². The van der Waals surface area contributed by atoms with Gasteiger partial charge in [0.15, 0.2) is 5.65 Å². The van der Waals surface area contributed by atoms with Gasteiger partial charge in [-0.25, -0.2) is 4.68 Å². The van der Waals surface area contributed by atoms with E-state index in [2.05, 4.69) is 32.5 Å². The number of ether oxygens (including phenoxy) is 1. The molecule has 30 heavy (non-hydrogen) atoms. The molecule has 2 aromatic heterocycles. The molecular weight excluding hydrogens is 378 g/mol. The van der Waals surface area contributed by atoms with Gasteiger partial charge in [0.05, 0.1) is 18.3 Å². The van der Waals surface area contributed by atoms with Crippen LogP contribution in [0.3, 0.4) is 0 Å². The van der Waals surface area contributed by atoms with Gasteiger partial charge in [0.2, 0.25) is 5.95 Å². The molecule has 0 saturated heterocycles. The van der Waals surface area contributed by atoms with Crippen LogP contribution in [-0.4, -0.2) is 32.9 Å². The molecule has 0 radical (unpaired) electrons. The van der Waals surface area contributed by atoms with Gasteiger partial charge in [-0.05, 0) is 32.4 Å². The molecule has 0 spiro atoms. The number of hydrogen-bond acceptors (Lipinski definition) is 5. The molecule has 0 amide bonds. The number of aromatic nitrogens is 4. The van der Waals surface area contributed by atoms with E-state index in [4.69, 9.17) is 4.74 Å². The molecule has 0 atom stereocenters. The second-order valence-corrected chi connectivity index (χ2v) is 8.02. The van der Waals surface area contributed by atoms with Crippen molar-refractivity contribution in [3.05, 3.63) is 71.1 Å². The summed E-state index contributed by atoms with van der Waals surface area (Å²) < 4.78 is 7.75. The fraction of sp³-hybridized carbons (Fsp3) is 0.261. The van der Waals surface area contributed by atoms with E-state index in [1.165, 1.54) is 0 Å². The van der Waals surface area contributed by atoms with E-state index >= 15 is 0 Å². The van der Waals surface area contributed by atoms with E-state index in [-0.39, 0.29) is 11.1 Å². The number of H-pyrrole nitrogens is 1. The van der Waals surface area contributed by atoms with Crippen LogP contribution in [0.15, 0.2) is 65.6 Å². The molecule has 0 aliphatic rings. The summed E-state index contributed by atoms with van der Waals surface area (Å²) in [6, 6.07) is 18.1. The van der Waals surface area contributed by atoms with Crippen LogP contribution < -0.4 is 15.6 Å². The maximum absolute atomic E-state index is 12.4. The summed E-state index contributed by atoms with van der Waals surface area (Å²) in [5.74, 6) is 1.21. The normalized spacial score (nSPS) is 11.6. The molecule has 2 N–H and O–H groups in total. The van der Waals surface area contributed by atoms with Crippen LogP contribution in [0.25, 0.3) is 22.2 Å². The molecule has 0 unspecified atom stereocenters. The average Bonchev–Trinajstić information content (AvgIpc) is 3.17. The van der Waals surface area contributed by atoms with Crippen LogP contribution in [0.4, 0.5) is 5.95 Å². The number of nitrogens with zero attached hydrogens (tertiary/aromatic N) is 3. The molecule has 0 saturated carbocycles. The first-order chi connectivity index (χ1) is 14.4. The highest BCUT2D eigenvalue weighted by Crippen LogP contribution is 2.29. The van der Waals surface area contributed by atoms with Gasteiger partial charge < -0.3 is 10.1 Å².